The molecule has 20 heavy (non-hydrogen) atoms. The summed E-state index contributed by atoms with van der Waals surface area (Å²) < 4.78 is 0. The van der Waals surface area contributed by atoms with Crippen molar-refractivity contribution in [3.63, 3.8) is 0 Å². The Bertz CT molecular complexity index is 481. The van der Waals surface area contributed by atoms with Crippen LogP contribution in [0.15, 0.2) is 30.3 Å². The molecule has 0 radical (unpaired) electrons. The molecule has 1 amide bonds. The van der Waals surface area contributed by atoms with Gasteiger partial charge in [-0.2, -0.15) is 0 Å². The third-order valence-corrected chi connectivity index (χ3v) is 4.47. The molecule has 0 aliphatic carbocycles. The van der Waals surface area contributed by atoms with E-state index in [1.807, 2.05) is 56.0 Å². The van der Waals surface area contributed by atoms with Crippen LogP contribution < -0.4 is 0 Å². The first-order chi connectivity index (χ1) is 9.51. The van der Waals surface area contributed by atoms with E-state index in [-0.39, 0.29) is 18.0 Å². The van der Waals surface area contributed by atoms with E-state index in [2.05, 4.69) is 0 Å². The molecule has 1 heterocycles. The number of aldehydes is 1. The molecular formula is C17H23NO2. The van der Waals surface area contributed by atoms with E-state index >= 15 is 0 Å². The van der Waals surface area contributed by atoms with E-state index in [1.54, 1.807) is 0 Å². The zero-order valence-corrected chi connectivity index (χ0v) is 12.5. The second kappa shape index (κ2) is 5.78. The fourth-order valence-corrected chi connectivity index (χ4v) is 2.77. The van der Waals surface area contributed by atoms with Crippen molar-refractivity contribution in [1.82, 2.24) is 4.90 Å². The maximum Gasteiger partial charge on any atom is 0.229 e. The normalized spacial score (nSPS) is 22.9. The smallest absolute Gasteiger partial charge is 0.229 e. The highest BCUT2D eigenvalue weighted by Gasteiger charge is 2.42. The molecular weight excluding hydrogens is 250 g/mol. The molecule has 2 rings (SSSR count). The molecule has 108 valence electrons. The molecule has 0 aromatic heterocycles. The van der Waals surface area contributed by atoms with Crippen molar-refractivity contribution in [2.45, 2.75) is 52.1 Å². The van der Waals surface area contributed by atoms with Gasteiger partial charge in [0.25, 0.3) is 0 Å². The lowest BCUT2D eigenvalue weighted by molar-refractivity contribution is -0.145. The molecule has 1 saturated heterocycles. The maximum absolute atomic E-state index is 12.8. The fraction of sp³-hybridized carbons (Fsp3) is 0.529. The highest BCUT2D eigenvalue weighted by Crippen LogP contribution is 2.39. The van der Waals surface area contributed by atoms with E-state index in [1.165, 1.54) is 0 Å². The molecule has 0 spiro atoms. The number of hydrogen-bond donors (Lipinski definition) is 0. The van der Waals surface area contributed by atoms with Gasteiger partial charge in [-0.25, -0.2) is 0 Å². The lowest BCUT2D eigenvalue weighted by Crippen LogP contribution is -2.45. The predicted molar refractivity (Wildman–Crippen MR) is 79.2 cm³/mol. The Kier molecular flexibility index (Phi) is 4.26. The van der Waals surface area contributed by atoms with Crippen molar-refractivity contribution in [3.8, 4) is 0 Å². The minimum Gasteiger partial charge on any atom is -0.325 e. The zero-order chi connectivity index (χ0) is 14.8. The fourth-order valence-electron chi connectivity index (χ4n) is 2.77. The van der Waals surface area contributed by atoms with Crippen LogP contribution in [0.1, 0.15) is 51.6 Å². The summed E-state index contributed by atoms with van der Waals surface area (Å²) in [6, 6.07) is 9.77. The molecule has 2 unspecified atom stereocenters. The Labute approximate surface area is 121 Å². The Morgan fingerprint density at radius 2 is 1.95 bits per heavy atom. The maximum atomic E-state index is 12.8. The van der Waals surface area contributed by atoms with E-state index in [0.29, 0.717) is 0 Å². The van der Waals surface area contributed by atoms with Crippen molar-refractivity contribution in [2.75, 3.05) is 0 Å². The predicted octanol–water partition coefficient (Wildman–Crippen LogP) is 3.35. The Hall–Kier alpha value is -1.64. The second-order valence-electron chi connectivity index (χ2n) is 6.16. The van der Waals surface area contributed by atoms with Crippen LogP contribution in [0.4, 0.5) is 0 Å². The van der Waals surface area contributed by atoms with Crippen molar-refractivity contribution in [2.24, 2.45) is 5.41 Å². The lowest BCUT2D eigenvalue weighted by Gasteiger charge is -2.35. The number of carbonyl (C=O) groups excluding carboxylic acids is 2. The van der Waals surface area contributed by atoms with Gasteiger partial charge < -0.3 is 9.69 Å². The topological polar surface area (TPSA) is 37.4 Å². The van der Waals surface area contributed by atoms with Crippen LogP contribution in [-0.4, -0.2) is 23.1 Å². The lowest BCUT2D eigenvalue weighted by atomic mass is 9.87. The van der Waals surface area contributed by atoms with Gasteiger partial charge in [0.05, 0.1) is 12.1 Å². The van der Waals surface area contributed by atoms with E-state index in [4.69, 9.17) is 0 Å². The van der Waals surface area contributed by atoms with Gasteiger partial charge in [0.2, 0.25) is 5.91 Å². The quantitative estimate of drug-likeness (QED) is 0.789. The monoisotopic (exact) mass is 273 g/mol. The minimum atomic E-state index is -0.418. The van der Waals surface area contributed by atoms with Gasteiger partial charge in [-0.1, -0.05) is 51.1 Å². The van der Waals surface area contributed by atoms with Crippen LogP contribution in [0.3, 0.4) is 0 Å². The largest absolute Gasteiger partial charge is 0.325 e. The van der Waals surface area contributed by atoms with Crippen LogP contribution in [0.5, 0.6) is 0 Å². The standard InChI is InChI=1S/C17H23NO2/c1-4-17(2,3)16(20)18-14(12-19)10-11-15(18)13-8-6-5-7-9-13/h5-9,12,14-15H,4,10-11H2,1-3H3. The molecule has 3 heteroatoms. The van der Waals surface area contributed by atoms with E-state index in [9.17, 15) is 9.59 Å². The SMILES string of the molecule is CCC(C)(C)C(=O)N1C(C=O)CCC1c1ccccc1. The molecule has 0 saturated carbocycles. The Balaban J connectivity index is 2.34. The minimum absolute atomic E-state index is 0.0322. The molecule has 1 aromatic rings. The molecule has 1 aromatic carbocycles. The Morgan fingerprint density at radius 1 is 1.30 bits per heavy atom. The summed E-state index contributed by atoms with van der Waals surface area (Å²) in [6.07, 6.45) is 3.32. The highest BCUT2D eigenvalue weighted by molar-refractivity contribution is 5.85. The van der Waals surface area contributed by atoms with Gasteiger partial charge in [0, 0.05) is 5.41 Å². The summed E-state index contributed by atoms with van der Waals surface area (Å²) in [6.45, 7) is 5.93. The molecule has 3 nitrogen and oxygen atoms in total. The third kappa shape index (κ3) is 2.62. The number of hydrogen-bond acceptors (Lipinski definition) is 2. The van der Waals surface area contributed by atoms with Crippen LogP contribution in [0.2, 0.25) is 0 Å². The van der Waals surface area contributed by atoms with Crippen LogP contribution in [0.25, 0.3) is 0 Å². The number of carbonyl (C=O) groups is 2. The zero-order valence-electron chi connectivity index (χ0n) is 12.5. The average molecular weight is 273 g/mol. The van der Waals surface area contributed by atoms with Gasteiger partial charge in [-0.15, -0.1) is 0 Å². The number of nitrogens with zero attached hydrogens (tertiary/aromatic N) is 1. The summed E-state index contributed by atoms with van der Waals surface area (Å²) in [5.74, 6) is 0.0865. The average Bonchev–Trinajstić information content (AvgIpc) is 2.90. The van der Waals surface area contributed by atoms with Crippen molar-refractivity contribution in [1.29, 1.82) is 0 Å². The molecule has 1 aliphatic heterocycles. The number of amides is 1. The van der Waals surface area contributed by atoms with Gasteiger partial charge >= 0.3 is 0 Å². The summed E-state index contributed by atoms with van der Waals surface area (Å²) in [4.78, 5) is 25.9. The first-order valence-electron chi connectivity index (χ1n) is 7.34. The molecule has 1 aliphatic rings. The van der Waals surface area contributed by atoms with Crippen LogP contribution in [-0.2, 0) is 9.59 Å². The van der Waals surface area contributed by atoms with Crippen LogP contribution in [0, 0.1) is 5.41 Å². The molecule has 0 N–H and O–H groups in total. The Morgan fingerprint density at radius 3 is 2.50 bits per heavy atom. The summed E-state index contributed by atoms with van der Waals surface area (Å²) in [7, 11) is 0. The highest BCUT2D eigenvalue weighted by atomic mass is 16.2. The molecule has 2 atom stereocenters. The summed E-state index contributed by atoms with van der Waals surface area (Å²) in [5.41, 5.74) is 0.704. The van der Waals surface area contributed by atoms with Crippen LogP contribution >= 0.6 is 0 Å². The van der Waals surface area contributed by atoms with E-state index in [0.717, 1.165) is 31.1 Å². The number of rotatable bonds is 4. The van der Waals surface area contributed by atoms with Crippen molar-refractivity contribution >= 4 is 12.2 Å². The number of benzene rings is 1. The molecule has 0 bridgehead atoms. The third-order valence-electron chi connectivity index (χ3n) is 4.47. The van der Waals surface area contributed by atoms with Gasteiger partial charge in [0.1, 0.15) is 6.29 Å². The van der Waals surface area contributed by atoms with Gasteiger partial charge in [0.15, 0.2) is 0 Å². The van der Waals surface area contributed by atoms with E-state index < -0.39 is 5.41 Å². The van der Waals surface area contributed by atoms with Crippen molar-refractivity contribution < 1.29 is 9.59 Å². The first kappa shape index (κ1) is 14.8. The summed E-state index contributed by atoms with van der Waals surface area (Å²) >= 11 is 0. The molecule has 1 fully saturated rings. The van der Waals surface area contributed by atoms with Gasteiger partial charge in [-0.05, 0) is 24.8 Å². The first-order valence-corrected chi connectivity index (χ1v) is 7.34. The van der Waals surface area contributed by atoms with Crippen molar-refractivity contribution in [3.05, 3.63) is 35.9 Å². The number of likely N-dealkylation sites (tertiary alicyclic amines) is 1. The second-order valence-corrected chi connectivity index (χ2v) is 6.16. The van der Waals surface area contributed by atoms with Gasteiger partial charge in [-0.3, -0.25) is 4.79 Å². The summed E-state index contributed by atoms with van der Waals surface area (Å²) in [5, 5.41) is 0.